The third kappa shape index (κ3) is 2.40. The largest absolute Gasteiger partial charge is 0.481 e. The molecule has 3 rings (SSSR count). The van der Waals surface area contributed by atoms with Gasteiger partial charge < -0.3 is 14.4 Å². The molecule has 0 saturated heterocycles. The Morgan fingerprint density at radius 1 is 1.29 bits per heavy atom. The number of aliphatic carboxylic acids is 1. The zero-order chi connectivity index (χ0) is 15.0. The minimum atomic E-state index is -0.946. The molecule has 1 aromatic carbocycles. The van der Waals surface area contributed by atoms with Crippen LogP contribution in [0.3, 0.4) is 0 Å². The Morgan fingerprint density at radius 3 is 2.71 bits per heavy atom. The van der Waals surface area contributed by atoms with E-state index in [1.165, 1.54) is 17.2 Å². The van der Waals surface area contributed by atoms with Crippen molar-refractivity contribution in [1.82, 2.24) is 4.90 Å². The first kappa shape index (κ1) is 13.7. The van der Waals surface area contributed by atoms with Crippen LogP contribution in [0.2, 0.25) is 5.22 Å². The molecule has 1 aliphatic heterocycles. The van der Waals surface area contributed by atoms with Gasteiger partial charge in [-0.3, -0.25) is 9.59 Å². The van der Waals surface area contributed by atoms with Crippen molar-refractivity contribution in [2.75, 3.05) is 6.54 Å². The number of carbonyl (C=O) groups is 2. The Kier molecular flexibility index (Phi) is 3.43. The number of carboxylic acids is 1. The molecule has 5 nitrogen and oxygen atoms in total. The van der Waals surface area contributed by atoms with Crippen molar-refractivity contribution in [3.05, 3.63) is 58.5 Å². The number of hydrogen-bond acceptors (Lipinski definition) is 3. The average molecular weight is 306 g/mol. The van der Waals surface area contributed by atoms with E-state index in [1.807, 2.05) is 12.1 Å². The Morgan fingerprint density at radius 2 is 2.05 bits per heavy atom. The van der Waals surface area contributed by atoms with E-state index in [-0.39, 0.29) is 23.2 Å². The lowest BCUT2D eigenvalue weighted by atomic mass is 9.89. The van der Waals surface area contributed by atoms with E-state index in [2.05, 4.69) is 0 Å². The minimum absolute atomic E-state index is 0.0192. The highest BCUT2D eigenvalue weighted by Gasteiger charge is 2.33. The molecule has 108 valence electrons. The van der Waals surface area contributed by atoms with Gasteiger partial charge in [0.15, 0.2) is 0 Å². The fourth-order valence-electron chi connectivity index (χ4n) is 2.59. The second-order valence-electron chi connectivity index (χ2n) is 4.88. The summed E-state index contributed by atoms with van der Waals surface area (Å²) in [6.07, 6.45) is 1.34. The summed E-state index contributed by atoms with van der Waals surface area (Å²) in [6.45, 7) is 0.479. The van der Waals surface area contributed by atoms with E-state index >= 15 is 0 Å². The predicted molar refractivity (Wildman–Crippen MR) is 75.3 cm³/mol. The maximum Gasteiger partial charge on any atom is 0.312 e. The summed E-state index contributed by atoms with van der Waals surface area (Å²) in [7, 11) is 0. The number of benzene rings is 1. The lowest BCUT2D eigenvalue weighted by Crippen LogP contribution is -2.40. The summed E-state index contributed by atoms with van der Waals surface area (Å²) >= 11 is 5.82. The molecule has 1 aliphatic rings. The number of nitrogens with zero attached hydrogens (tertiary/aromatic N) is 1. The highest BCUT2D eigenvalue weighted by molar-refractivity contribution is 6.32. The van der Waals surface area contributed by atoms with Crippen molar-refractivity contribution < 1.29 is 19.1 Å². The van der Waals surface area contributed by atoms with Crippen LogP contribution in [0.5, 0.6) is 0 Å². The SMILES string of the molecule is O=C(O)C1CN(C(=O)c2ccoc2Cl)Cc2ccccc21. The van der Waals surface area contributed by atoms with E-state index < -0.39 is 11.9 Å². The topological polar surface area (TPSA) is 70.8 Å². The molecule has 0 fully saturated rings. The summed E-state index contributed by atoms with van der Waals surface area (Å²) in [5.74, 6) is -2.00. The maximum atomic E-state index is 12.4. The molecule has 1 unspecified atom stereocenters. The van der Waals surface area contributed by atoms with Crippen molar-refractivity contribution in [3.8, 4) is 0 Å². The normalized spacial score (nSPS) is 17.4. The van der Waals surface area contributed by atoms with Gasteiger partial charge in [0, 0.05) is 13.1 Å². The number of carboxylic acid groups (broad SMARTS) is 1. The molecule has 1 aromatic heterocycles. The molecule has 0 spiro atoms. The molecule has 21 heavy (non-hydrogen) atoms. The Balaban J connectivity index is 1.95. The van der Waals surface area contributed by atoms with Crippen LogP contribution in [0.15, 0.2) is 41.0 Å². The van der Waals surface area contributed by atoms with Crippen LogP contribution in [0.4, 0.5) is 0 Å². The van der Waals surface area contributed by atoms with Gasteiger partial charge in [0.1, 0.15) is 0 Å². The van der Waals surface area contributed by atoms with Crippen LogP contribution < -0.4 is 0 Å². The van der Waals surface area contributed by atoms with Crippen molar-refractivity contribution in [2.24, 2.45) is 0 Å². The molecule has 0 bridgehead atoms. The monoisotopic (exact) mass is 305 g/mol. The van der Waals surface area contributed by atoms with E-state index in [4.69, 9.17) is 16.0 Å². The maximum absolute atomic E-state index is 12.4. The first-order valence-corrected chi connectivity index (χ1v) is 6.78. The smallest absolute Gasteiger partial charge is 0.312 e. The summed E-state index contributed by atoms with van der Waals surface area (Å²) in [6, 6.07) is 8.75. The Hall–Kier alpha value is -2.27. The van der Waals surface area contributed by atoms with Crippen LogP contribution in [0.25, 0.3) is 0 Å². The first-order valence-electron chi connectivity index (χ1n) is 6.41. The molecule has 0 radical (unpaired) electrons. The Labute approximate surface area is 125 Å². The van der Waals surface area contributed by atoms with Crippen LogP contribution in [0.1, 0.15) is 27.4 Å². The molecule has 2 aromatic rings. The zero-order valence-electron chi connectivity index (χ0n) is 11.0. The van der Waals surface area contributed by atoms with E-state index in [0.717, 1.165) is 11.1 Å². The van der Waals surface area contributed by atoms with Crippen molar-refractivity contribution >= 4 is 23.5 Å². The van der Waals surface area contributed by atoms with E-state index in [0.29, 0.717) is 6.54 Å². The van der Waals surface area contributed by atoms with Gasteiger partial charge in [-0.05, 0) is 28.8 Å². The van der Waals surface area contributed by atoms with Crippen LogP contribution in [-0.2, 0) is 11.3 Å². The number of fused-ring (bicyclic) bond motifs is 1. The number of rotatable bonds is 2. The summed E-state index contributed by atoms with van der Waals surface area (Å²) in [5.41, 5.74) is 1.84. The van der Waals surface area contributed by atoms with Gasteiger partial charge in [-0.15, -0.1) is 0 Å². The van der Waals surface area contributed by atoms with Gasteiger partial charge in [0.25, 0.3) is 5.91 Å². The third-order valence-electron chi connectivity index (χ3n) is 3.63. The minimum Gasteiger partial charge on any atom is -0.481 e. The van der Waals surface area contributed by atoms with E-state index in [9.17, 15) is 14.7 Å². The van der Waals surface area contributed by atoms with Gasteiger partial charge >= 0.3 is 5.97 Å². The highest BCUT2D eigenvalue weighted by atomic mass is 35.5. The molecular weight excluding hydrogens is 294 g/mol. The van der Waals surface area contributed by atoms with E-state index in [1.54, 1.807) is 12.1 Å². The molecule has 1 amide bonds. The zero-order valence-corrected chi connectivity index (χ0v) is 11.7. The number of carbonyl (C=O) groups excluding carboxylic acids is 1. The van der Waals surface area contributed by atoms with Gasteiger partial charge in [0.2, 0.25) is 5.22 Å². The number of hydrogen-bond donors (Lipinski definition) is 1. The van der Waals surface area contributed by atoms with Crippen molar-refractivity contribution in [2.45, 2.75) is 12.5 Å². The fraction of sp³-hybridized carbons (Fsp3) is 0.200. The summed E-state index contributed by atoms with van der Waals surface area (Å²) in [5, 5.41) is 9.41. The van der Waals surface area contributed by atoms with Crippen molar-refractivity contribution in [3.63, 3.8) is 0 Å². The lowest BCUT2D eigenvalue weighted by Gasteiger charge is -2.32. The summed E-state index contributed by atoms with van der Waals surface area (Å²) < 4.78 is 4.92. The number of halogens is 1. The second-order valence-corrected chi connectivity index (χ2v) is 5.23. The average Bonchev–Trinajstić information content (AvgIpc) is 2.91. The molecular formula is C15H12ClNO4. The molecule has 2 heterocycles. The number of amides is 1. The van der Waals surface area contributed by atoms with Gasteiger partial charge in [0.05, 0.1) is 17.7 Å². The molecule has 1 N–H and O–H groups in total. The second kappa shape index (κ2) is 5.26. The summed E-state index contributed by atoms with van der Waals surface area (Å²) in [4.78, 5) is 25.4. The quantitative estimate of drug-likeness (QED) is 0.926. The van der Waals surface area contributed by atoms with Gasteiger partial charge in [-0.2, -0.15) is 0 Å². The molecule has 0 saturated carbocycles. The highest BCUT2D eigenvalue weighted by Crippen LogP contribution is 2.30. The molecule has 1 atom stereocenters. The van der Waals surface area contributed by atoms with Crippen LogP contribution >= 0.6 is 11.6 Å². The third-order valence-corrected chi connectivity index (χ3v) is 3.92. The van der Waals surface area contributed by atoms with Crippen LogP contribution in [0, 0.1) is 0 Å². The standard InChI is InChI=1S/C15H12ClNO4/c16-13-11(5-6-21-13)14(18)17-7-9-3-1-2-4-10(9)12(8-17)15(19)20/h1-6,12H,7-8H2,(H,19,20). The lowest BCUT2D eigenvalue weighted by molar-refractivity contribution is -0.139. The fourth-order valence-corrected chi connectivity index (χ4v) is 2.78. The van der Waals surface area contributed by atoms with Crippen molar-refractivity contribution in [1.29, 1.82) is 0 Å². The molecule has 0 aliphatic carbocycles. The number of furan rings is 1. The van der Waals surface area contributed by atoms with Crippen LogP contribution in [-0.4, -0.2) is 28.4 Å². The molecule has 6 heteroatoms. The van der Waals surface area contributed by atoms with Gasteiger partial charge in [-0.1, -0.05) is 24.3 Å². The Bertz CT molecular complexity index is 709. The first-order chi connectivity index (χ1) is 10.1. The predicted octanol–water partition coefficient (Wildman–Crippen LogP) is 2.76. The van der Waals surface area contributed by atoms with Gasteiger partial charge in [-0.25, -0.2) is 0 Å².